The quantitative estimate of drug-likeness (QED) is 0.874. The number of carboxylic acids is 1. The molecule has 1 N–H and O–H groups in total. The Morgan fingerprint density at radius 2 is 2.27 bits per heavy atom. The van der Waals surface area contributed by atoms with E-state index in [-0.39, 0.29) is 17.3 Å². The van der Waals surface area contributed by atoms with Gasteiger partial charge in [-0.15, -0.1) is 11.3 Å². The number of aromatic nitrogens is 1. The molecule has 0 amide bonds. The Balaban J connectivity index is 2.41. The molecule has 1 aromatic rings. The summed E-state index contributed by atoms with van der Waals surface area (Å²) in [5.41, 5.74) is -0.189. The molecule has 0 aliphatic carbocycles. The van der Waals surface area contributed by atoms with Crippen molar-refractivity contribution in [2.45, 2.75) is 12.8 Å². The lowest BCUT2D eigenvalue weighted by atomic mass is 10.5. The fourth-order valence-electron chi connectivity index (χ4n) is 0.729. The molecule has 0 saturated carbocycles. The first kappa shape index (κ1) is 11.9. The van der Waals surface area contributed by atoms with Crippen LogP contribution in [0.15, 0.2) is 5.38 Å². The molecule has 4 nitrogen and oxygen atoms in total. The van der Waals surface area contributed by atoms with Crippen LogP contribution < -0.4 is 0 Å². The summed E-state index contributed by atoms with van der Waals surface area (Å²) in [6.07, 6.45) is -4.38. The average Bonchev–Trinajstić information content (AvgIpc) is 2.50. The predicted molar refractivity (Wildman–Crippen MR) is 44.8 cm³/mol. The number of carbonyl (C=O) groups is 1. The van der Waals surface area contributed by atoms with Crippen LogP contribution in [0.25, 0.3) is 0 Å². The van der Waals surface area contributed by atoms with Crippen LogP contribution >= 0.6 is 11.3 Å². The van der Waals surface area contributed by atoms with Gasteiger partial charge >= 0.3 is 12.1 Å². The van der Waals surface area contributed by atoms with Crippen molar-refractivity contribution < 1.29 is 27.8 Å². The summed E-state index contributed by atoms with van der Waals surface area (Å²) in [4.78, 5) is 13.9. The Morgan fingerprint density at radius 1 is 1.60 bits per heavy atom. The molecule has 0 aliphatic rings. The Bertz CT molecular complexity index is 349. The number of thiazole rings is 1. The summed E-state index contributed by atoms with van der Waals surface area (Å²) >= 11 is 0.944. The van der Waals surface area contributed by atoms with Crippen LogP contribution in [0.3, 0.4) is 0 Å². The van der Waals surface area contributed by atoms with Gasteiger partial charge < -0.3 is 9.84 Å². The molecule has 84 valence electrons. The van der Waals surface area contributed by atoms with E-state index in [4.69, 9.17) is 5.11 Å². The number of ether oxygens (including phenoxy) is 1. The first-order chi connectivity index (χ1) is 6.88. The summed E-state index contributed by atoms with van der Waals surface area (Å²) in [5.74, 6) is -1.21. The average molecular weight is 241 g/mol. The fraction of sp³-hybridized carbons (Fsp3) is 0.429. The van der Waals surface area contributed by atoms with E-state index < -0.39 is 18.8 Å². The molecule has 0 atom stereocenters. The Labute approximate surface area is 86.3 Å². The summed E-state index contributed by atoms with van der Waals surface area (Å²) in [6.45, 7) is -1.70. The molecule has 0 radical (unpaired) electrons. The van der Waals surface area contributed by atoms with Gasteiger partial charge in [-0.3, -0.25) is 0 Å². The standard InChI is InChI=1S/C7H6F3NO3S/c8-7(9,10)3-14-1-5-11-4(2-15-5)6(12)13/h2H,1,3H2,(H,12,13). The van der Waals surface area contributed by atoms with Gasteiger partial charge in [-0.25, -0.2) is 9.78 Å². The molecule has 0 fully saturated rings. The lowest BCUT2D eigenvalue weighted by molar-refractivity contribution is -0.176. The SMILES string of the molecule is O=C(O)c1csc(COCC(F)(F)F)n1. The maximum absolute atomic E-state index is 11.7. The first-order valence-corrected chi connectivity index (χ1v) is 4.58. The summed E-state index contributed by atoms with van der Waals surface area (Å²) in [5, 5.41) is 9.93. The molecular weight excluding hydrogens is 235 g/mol. The van der Waals surface area contributed by atoms with Gasteiger partial charge in [0.15, 0.2) is 5.69 Å². The summed E-state index contributed by atoms with van der Waals surface area (Å²) < 4.78 is 39.3. The maximum atomic E-state index is 11.7. The van der Waals surface area contributed by atoms with Gasteiger partial charge in [-0.1, -0.05) is 0 Å². The molecule has 0 spiro atoms. The highest BCUT2D eigenvalue weighted by Gasteiger charge is 2.27. The third-order valence-corrected chi connectivity index (χ3v) is 2.08. The van der Waals surface area contributed by atoms with E-state index in [0.29, 0.717) is 0 Å². The van der Waals surface area contributed by atoms with Gasteiger partial charge in [0.1, 0.15) is 11.6 Å². The molecular formula is C7H6F3NO3S. The van der Waals surface area contributed by atoms with Crippen molar-refractivity contribution in [2.24, 2.45) is 0 Å². The van der Waals surface area contributed by atoms with Crippen LogP contribution in [-0.2, 0) is 11.3 Å². The number of halogens is 3. The van der Waals surface area contributed by atoms with Crippen molar-refractivity contribution in [1.29, 1.82) is 0 Å². The van der Waals surface area contributed by atoms with Crippen LogP contribution in [0.5, 0.6) is 0 Å². The van der Waals surface area contributed by atoms with Gasteiger partial charge in [-0.05, 0) is 0 Å². The topological polar surface area (TPSA) is 59.4 Å². The molecule has 15 heavy (non-hydrogen) atoms. The van der Waals surface area contributed by atoms with Crippen LogP contribution in [0.1, 0.15) is 15.5 Å². The Morgan fingerprint density at radius 3 is 2.73 bits per heavy atom. The predicted octanol–water partition coefficient (Wildman–Crippen LogP) is 1.92. The van der Waals surface area contributed by atoms with Gasteiger partial charge in [0.2, 0.25) is 0 Å². The minimum Gasteiger partial charge on any atom is -0.476 e. The van der Waals surface area contributed by atoms with Crippen molar-refractivity contribution in [3.8, 4) is 0 Å². The van der Waals surface area contributed by atoms with Crippen LogP contribution in [0.2, 0.25) is 0 Å². The van der Waals surface area contributed by atoms with E-state index in [1.807, 2.05) is 0 Å². The Kier molecular flexibility index (Phi) is 3.64. The van der Waals surface area contributed by atoms with Gasteiger partial charge in [-0.2, -0.15) is 13.2 Å². The monoisotopic (exact) mass is 241 g/mol. The van der Waals surface area contributed by atoms with E-state index in [2.05, 4.69) is 9.72 Å². The highest BCUT2D eigenvalue weighted by atomic mass is 32.1. The van der Waals surface area contributed by atoms with Crippen molar-refractivity contribution in [2.75, 3.05) is 6.61 Å². The molecule has 0 bridgehead atoms. The number of hydrogen-bond acceptors (Lipinski definition) is 4. The van der Waals surface area contributed by atoms with E-state index in [0.717, 1.165) is 11.3 Å². The molecule has 1 heterocycles. The lowest BCUT2D eigenvalue weighted by Crippen LogP contribution is -2.16. The van der Waals surface area contributed by atoms with Crippen LogP contribution in [0, 0.1) is 0 Å². The van der Waals surface area contributed by atoms with E-state index in [1.54, 1.807) is 0 Å². The fourth-order valence-corrected chi connectivity index (χ4v) is 1.43. The van der Waals surface area contributed by atoms with E-state index in [9.17, 15) is 18.0 Å². The molecule has 0 saturated heterocycles. The number of carboxylic acid groups (broad SMARTS) is 1. The van der Waals surface area contributed by atoms with E-state index >= 15 is 0 Å². The Hall–Kier alpha value is -1.15. The smallest absolute Gasteiger partial charge is 0.411 e. The van der Waals surface area contributed by atoms with Crippen molar-refractivity contribution in [1.82, 2.24) is 4.98 Å². The number of rotatable bonds is 4. The van der Waals surface area contributed by atoms with Crippen LogP contribution in [-0.4, -0.2) is 28.8 Å². The van der Waals surface area contributed by atoms with Crippen molar-refractivity contribution in [3.05, 3.63) is 16.1 Å². The number of hydrogen-bond donors (Lipinski definition) is 1. The second-order valence-corrected chi connectivity index (χ2v) is 3.48. The lowest BCUT2D eigenvalue weighted by Gasteiger charge is -2.05. The maximum Gasteiger partial charge on any atom is 0.411 e. The zero-order valence-corrected chi connectivity index (χ0v) is 8.06. The molecule has 0 aromatic carbocycles. The third kappa shape index (κ3) is 4.26. The normalized spacial score (nSPS) is 11.7. The third-order valence-electron chi connectivity index (χ3n) is 1.26. The highest BCUT2D eigenvalue weighted by molar-refractivity contribution is 7.09. The van der Waals surface area contributed by atoms with Gasteiger partial charge in [0.05, 0.1) is 6.61 Å². The number of aromatic carboxylic acids is 1. The second kappa shape index (κ2) is 4.58. The molecule has 0 unspecified atom stereocenters. The molecule has 1 aromatic heterocycles. The minimum atomic E-state index is -4.38. The van der Waals surface area contributed by atoms with E-state index in [1.165, 1.54) is 5.38 Å². The second-order valence-electron chi connectivity index (χ2n) is 2.54. The van der Waals surface area contributed by atoms with Gasteiger partial charge in [0, 0.05) is 5.38 Å². The molecule has 0 aliphatic heterocycles. The zero-order chi connectivity index (χ0) is 11.5. The van der Waals surface area contributed by atoms with Crippen LogP contribution in [0.4, 0.5) is 13.2 Å². The van der Waals surface area contributed by atoms with Crippen molar-refractivity contribution in [3.63, 3.8) is 0 Å². The molecule has 8 heteroatoms. The summed E-state index contributed by atoms with van der Waals surface area (Å²) in [6, 6.07) is 0. The number of alkyl halides is 3. The minimum absolute atomic E-state index is 0.189. The highest BCUT2D eigenvalue weighted by Crippen LogP contribution is 2.16. The largest absolute Gasteiger partial charge is 0.476 e. The van der Waals surface area contributed by atoms with Gasteiger partial charge in [0.25, 0.3) is 0 Å². The van der Waals surface area contributed by atoms with Crippen molar-refractivity contribution >= 4 is 17.3 Å². The zero-order valence-electron chi connectivity index (χ0n) is 7.24. The summed E-state index contributed by atoms with van der Waals surface area (Å²) in [7, 11) is 0. The molecule has 1 rings (SSSR count). The number of nitrogens with zero attached hydrogens (tertiary/aromatic N) is 1. The first-order valence-electron chi connectivity index (χ1n) is 3.70.